The van der Waals surface area contributed by atoms with E-state index in [1.54, 1.807) is 12.5 Å². The fourth-order valence-electron chi connectivity index (χ4n) is 2.22. The predicted octanol–water partition coefficient (Wildman–Crippen LogP) is 3.16. The van der Waals surface area contributed by atoms with Crippen molar-refractivity contribution in [1.29, 1.82) is 0 Å². The lowest BCUT2D eigenvalue weighted by molar-refractivity contribution is 0.560. The number of rotatable bonds is 5. The Morgan fingerprint density at radius 3 is 2.95 bits per heavy atom. The second kappa shape index (κ2) is 5.67. The molecule has 3 rings (SSSR count). The van der Waals surface area contributed by atoms with Crippen molar-refractivity contribution in [2.24, 2.45) is 0 Å². The zero-order valence-corrected chi connectivity index (χ0v) is 10.7. The first-order chi connectivity index (χ1) is 9.43. The molecule has 0 spiro atoms. The largest absolute Gasteiger partial charge is 0.472 e. The highest BCUT2D eigenvalue weighted by atomic mass is 16.3. The minimum Gasteiger partial charge on any atom is -0.472 e. The molecule has 2 heterocycles. The molecule has 0 aliphatic heterocycles. The smallest absolute Gasteiger partial charge is 0.0947 e. The maximum Gasteiger partial charge on any atom is 0.0947 e. The number of aromatic nitrogens is 1. The first-order valence-electron chi connectivity index (χ1n) is 6.48. The number of pyridine rings is 1. The summed E-state index contributed by atoms with van der Waals surface area (Å²) >= 11 is 0. The molecule has 0 aliphatic carbocycles. The molecule has 0 atom stereocenters. The molecule has 0 fully saturated rings. The SMILES string of the molecule is c1cnc2c(CCNCc3ccoc3)cccc2c1. The monoisotopic (exact) mass is 252 g/mol. The summed E-state index contributed by atoms with van der Waals surface area (Å²) in [5.41, 5.74) is 3.57. The lowest BCUT2D eigenvalue weighted by atomic mass is 10.1. The Balaban J connectivity index is 1.62. The summed E-state index contributed by atoms with van der Waals surface area (Å²) in [6.45, 7) is 1.77. The van der Waals surface area contributed by atoms with Gasteiger partial charge in [-0.2, -0.15) is 0 Å². The number of fused-ring (bicyclic) bond motifs is 1. The van der Waals surface area contributed by atoms with Crippen molar-refractivity contribution in [2.45, 2.75) is 13.0 Å². The maximum atomic E-state index is 5.04. The Morgan fingerprint density at radius 2 is 2.05 bits per heavy atom. The molecule has 0 unspecified atom stereocenters. The van der Waals surface area contributed by atoms with Crippen molar-refractivity contribution in [2.75, 3.05) is 6.54 Å². The van der Waals surface area contributed by atoms with Gasteiger partial charge >= 0.3 is 0 Å². The van der Waals surface area contributed by atoms with E-state index in [-0.39, 0.29) is 0 Å². The van der Waals surface area contributed by atoms with E-state index in [2.05, 4.69) is 34.6 Å². The molecule has 2 aromatic heterocycles. The van der Waals surface area contributed by atoms with Gasteiger partial charge in [-0.25, -0.2) is 0 Å². The Labute approximate surface area is 112 Å². The van der Waals surface area contributed by atoms with E-state index in [1.165, 1.54) is 16.5 Å². The first-order valence-corrected chi connectivity index (χ1v) is 6.48. The van der Waals surface area contributed by atoms with E-state index in [0.29, 0.717) is 0 Å². The van der Waals surface area contributed by atoms with Gasteiger partial charge in [0.2, 0.25) is 0 Å². The van der Waals surface area contributed by atoms with Crippen molar-refractivity contribution < 1.29 is 4.42 Å². The Bertz CT molecular complexity index is 641. The summed E-state index contributed by atoms with van der Waals surface area (Å²) < 4.78 is 5.04. The van der Waals surface area contributed by atoms with Crippen LogP contribution in [0.25, 0.3) is 10.9 Å². The van der Waals surface area contributed by atoms with E-state index in [1.807, 2.05) is 18.3 Å². The molecular formula is C16H16N2O. The van der Waals surface area contributed by atoms with Crippen LogP contribution in [0.1, 0.15) is 11.1 Å². The van der Waals surface area contributed by atoms with Gasteiger partial charge < -0.3 is 9.73 Å². The van der Waals surface area contributed by atoms with Crippen LogP contribution in [0.2, 0.25) is 0 Å². The normalized spacial score (nSPS) is 10.9. The van der Waals surface area contributed by atoms with Crippen LogP contribution in [0.15, 0.2) is 59.5 Å². The summed E-state index contributed by atoms with van der Waals surface area (Å²) in [6.07, 6.45) is 6.30. The molecule has 0 saturated heterocycles. The van der Waals surface area contributed by atoms with Crippen LogP contribution in [0.4, 0.5) is 0 Å². The van der Waals surface area contributed by atoms with Gasteiger partial charge in [0.1, 0.15) is 0 Å². The summed E-state index contributed by atoms with van der Waals surface area (Å²) in [5.74, 6) is 0. The molecule has 0 amide bonds. The third kappa shape index (κ3) is 2.83. The Kier molecular flexibility index (Phi) is 3.56. The van der Waals surface area contributed by atoms with E-state index in [4.69, 9.17) is 4.42 Å². The van der Waals surface area contributed by atoms with Gasteiger partial charge in [-0.1, -0.05) is 24.3 Å². The van der Waals surface area contributed by atoms with Crippen molar-refractivity contribution in [1.82, 2.24) is 10.3 Å². The van der Waals surface area contributed by atoms with Gasteiger partial charge in [0.25, 0.3) is 0 Å². The lowest BCUT2D eigenvalue weighted by Gasteiger charge is -2.06. The quantitative estimate of drug-likeness (QED) is 0.709. The Hall–Kier alpha value is -2.13. The molecular weight excluding hydrogens is 236 g/mol. The van der Waals surface area contributed by atoms with Crippen LogP contribution < -0.4 is 5.32 Å². The standard InChI is InChI=1S/C16H16N2O/c1-3-14-5-2-8-18-16(14)15(4-1)6-9-17-11-13-7-10-19-12-13/h1-5,7-8,10,12,17H,6,9,11H2. The number of para-hydroxylation sites is 1. The van der Waals surface area contributed by atoms with Crippen LogP contribution in [0.5, 0.6) is 0 Å². The van der Waals surface area contributed by atoms with Crippen molar-refractivity contribution in [3.05, 3.63) is 66.2 Å². The highest BCUT2D eigenvalue weighted by Gasteiger charge is 2.01. The topological polar surface area (TPSA) is 38.1 Å². The molecule has 1 aromatic carbocycles. The molecule has 19 heavy (non-hydrogen) atoms. The van der Waals surface area contributed by atoms with Crippen LogP contribution >= 0.6 is 0 Å². The molecule has 3 aromatic rings. The zero-order chi connectivity index (χ0) is 12.9. The molecule has 0 saturated carbocycles. The molecule has 96 valence electrons. The maximum absolute atomic E-state index is 5.04. The van der Waals surface area contributed by atoms with Crippen LogP contribution in [-0.4, -0.2) is 11.5 Å². The third-order valence-corrected chi connectivity index (χ3v) is 3.20. The Morgan fingerprint density at radius 1 is 1.11 bits per heavy atom. The molecule has 0 radical (unpaired) electrons. The lowest BCUT2D eigenvalue weighted by Crippen LogP contribution is -2.16. The van der Waals surface area contributed by atoms with Gasteiger partial charge in [0.15, 0.2) is 0 Å². The number of nitrogens with zero attached hydrogens (tertiary/aromatic N) is 1. The fourth-order valence-corrected chi connectivity index (χ4v) is 2.22. The summed E-state index contributed by atoms with van der Waals surface area (Å²) in [5, 5.41) is 4.62. The van der Waals surface area contributed by atoms with E-state index in [9.17, 15) is 0 Å². The van der Waals surface area contributed by atoms with Crippen LogP contribution in [0.3, 0.4) is 0 Å². The summed E-state index contributed by atoms with van der Waals surface area (Å²) in [6, 6.07) is 12.4. The van der Waals surface area contributed by atoms with Crippen molar-refractivity contribution in [3.63, 3.8) is 0 Å². The predicted molar refractivity (Wildman–Crippen MR) is 75.9 cm³/mol. The van der Waals surface area contributed by atoms with Gasteiger partial charge in [0, 0.05) is 23.7 Å². The van der Waals surface area contributed by atoms with Crippen molar-refractivity contribution in [3.8, 4) is 0 Å². The van der Waals surface area contributed by atoms with Gasteiger partial charge in [-0.15, -0.1) is 0 Å². The minimum atomic E-state index is 0.842. The number of benzene rings is 1. The number of hydrogen-bond acceptors (Lipinski definition) is 3. The van der Waals surface area contributed by atoms with E-state index in [0.717, 1.165) is 25.0 Å². The van der Waals surface area contributed by atoms with E-state index < -0.39 is 0 Å². The second-order valence-electron chi connectivity index (χ2n) is 4.55. The minimum absolute atomic E-state index is 0.842. The van der Waals surface area contributed by atoms with E-state index >= 15 is 0 Å². The molecule has 3 nitrogen and oxygen atoms in total. The molecule has 0 aliphatic rings. The third-order valence-electron chi connectivity index (χ3n) is 3.20. The number of hydrogen-bond donors (Lipinski definition) is 1. The highest BCUT2D eigenvalue weighted by Crippen LogP contribution is 2.15. The van der Waals surface area contributed by atoms with Crippen LogP contribution in [0, 0.1) is 0 Å². The van der Waals surface area contributed by atoms with Crippen molar-refractivity contribution >= 4 is 10.9 Å². The average Bonchev–Trinajstić information content (AvgIpc) is 2.97. The highest BCUT2D eigenvalue weighted by molar-refractivity contribution is 5.81. The van der Waals surface area contributed by atoms with Crippen LogP contribution in [-0.2, 0) is 13.0 Å². The zero-order valence-electron chi connectivity index (χ0n) is 10.7. The fraction of sp³-hybridized carbons (Fsp3) is 0.188. The molecule has 3 heteroatoms. The molecule has 0 bridgehead atoms. The number of nitrogens with one attached hydrogen (secondary N) is 1. The average molecular weight is 252 g/mol. The first kappa shape index (κ1) is 11.9. The summed E-state index contributed by atoms with van der Waals surface area (Å²) in [4.78, 5) is 4.47. The summed E-state index contributed by atoms with van der Waals surface area (Å²) in [7, 11) is 0. The second-order valence-corrected chi connectivity index (χ2v) is 4.55. The molecule has 1 N–H and O–H groups in total. The van der Waals surface area contributed by atoms with Gasteiger partial charge in [-0.05, 0) is 30.7 Å². The van der Waals surface area contributed by atoms with Gasteiger partial charge in [0.05, 0.1) is 18.0 Å². The number of furan rings is 1. The van der Waals surface area contributed by atoms with Gasteiger partial charge in [-0.3, -0.25) is 4.98 Å².